The largest absolute Gasteiger partial charge is 0.481 e. The summed E-state index contributed by atoms with van der Waals surface area (Å²) in [6.07, 6.45) is 3.33. The zero-order valence-electron chi connectivity index (χ0n) is 8.58. The lowest BCUT2D eigenvalue weighted by atomic mass is 10.1. The van der Waals surface area contributed by atoms with E-state index in [1.165, 1.54) is 6.92 Å². The number of carbonyl (C=O) groups excluding carboxylic acids is 1. The molecule has 0 aliphatic rings. The van der Waals surface area contributed by atoms with Gasteiger partial charge in [-0.3, -0.25) is 9.59 Å². The van der Waals surface area contributed by atoms with Crippen LogP contribution in [0.3, 0.4) is 0 Å². The normalized spacial score (nSPS) is 11.1. The molecule has 4 heteroatoms. The van der Waals surface area contributed by atoms with Crippen molar-refractivity contribution in [1.29, 1.82) is 0 Å². The molecule has 80 valence electrons. The van der Waals surface area contributed by atoms with Crippen molar-refractivity contribution in [3.05, 3.63) is 11.6 Å². The van der Waals surface area contributed by atoms with Gasteiger partial charge in [0.2, 0.25) is 0 Å². The van der Waals surface area contributed by atoms with Gasteiger partial charge in [-0.15, -0.1) is 0 Å². The Hall–Kier alpha value is -1.32. The SMILES string of the molecule is CC(=O)OC/C=C(\C)CCCC(=O)O. The molecule has 0 amide bonds. The van der Waals surface area contributed by atoms with Gasteiger partial charge in [-0.25, -0.2) is 0 Å². The highest BCUT2D eigenvalue weighted by molar-refractivity contribution is 5.66. The summed E-state index contributed by atoms with van der Waals surface area (Å²) in [7, 11) is 0. The fraction of sp³-hybridized carbons (Fsp3) is 0.600. The number of allylic oxidation sites excluding steroid dienone is 1. The highest BCUT2D eigenvalue weighted by Gasteiger charge is 1.97. The molecule has 4 nitrogen and oxygen atoms in total. The van der Waals surface area contributed by atoms with Gasteiger partial charge in [-0.05, 0) is 25.8 Å². The Morgan fingerprint density at radius 3 is 2.43 bits per heavy atom. The number of esters is 1. The van der Waals surface area contributed by atoms with Crippen molar-refractivity contribution in [1.82, 2.24) is 0 Å². The highest BCUT2D eigenvalue weighted by atomic mass is 16.5. The lowest BCUT2D eigenvalue weighted by molar-refractivity contribution is -0.140. The maximum atomic E-state index is 10.4. The zero-order chi connectivity index (χ0) is 11.0. The molecule has 0 aromatic heterocycles. The number of hydrogen-bond acceptors (Lipinski definition) is 3. The van der Waals surface area contributed by atoms with Crippen LogP contribution in [0.1, 0.15) is 33.1 Å². The smallest absolute Gasteiger partial charge is 0.303 e. The standard InChI is InChI=1S/C10H16O4/c1-8(4-3-5-10(12)13)6-7-14-9(2)11/h6H,3-5,7H2,1-2H3,(H,12,13)/b8-6+. The van der Waals surface area contributed by atoms with Gasteiger partial charge in [0.05, 0.1) is 0 Å². The van der Waals surface area contributed by atoms with Crippen molar-refractivity contribution >= 4 is 11.9 Å². The Kier molecular flexibility index (Phi) is 6.45. The van der Waals surface area contributed by atoms with Crippen LogP contribution in [0.4, 0.5) is 0 Å². The molecule has 0 fully saturated rings. The summed E-state index contributed by atoms with van der Waals surface area (Å²) in [4.78, 5) is 20.6. The van der Waals surface area contributed by atoms with Crippen LogP contribution in [-0.4, -0.2) is 23.7 Å². The predicted octanol–water partition coefficient (Wildman–Crippen LogP) is 1.75. The molecule has 14 heavy (non-hydrogen) atoms. The van der Waals surface area contributed by atoms with Gasteiger partial charge >= 0.3 is 11.9 Å². The lowest BCUT2D eigenvalue weighted by Crippen LogP contribution is -1.98. The Labute approximate surface area is 83.6 Å². The van der Waals surface area contributed by atoms with Crippen LogP contribution in [0.5, 0.6) is 0 Å². The second-order valence-electron chi connectivity index (χ2n) is 3.10. The molecule has 0 spiro atoms. The number of ether oxygens (including phenoxy) is 1. The fourth-order valence-corrected chi connectivity index (χ4v) is 0.922. The van der Waals surface area contributed by atoms with E-state index in [9.17, 15) is 9.59 Å². The molecule has 0 rings (SSSR count). The van der Waals surface area contributed by atoms with Crippen LogP contribution in [0.15, 0.2) is 11.6 Å². The lowest BCUT2D eigenvalue weighted by Gasteiger charge is -2.00. The van der Waals surface area contributed by atoms with E-state index in [0.29, 0.717) is 6.42 Å². The topological polar surface area (TPSA) is 63.6 Å². The van der Waals surface area contributed by atoms with Crippen molar-refractivity contribution in [2.24, 2.45) is 0 Å². The highest BCUT2D eigenvalue weighted by Crippen LogP contribution is 2.06. The molecule has 0 aliphatic carbocycles. The Balaban J connectivity index is 3.56. The van der Waals surface area contributed by atoms with E-state index in [-0.39, 0.29) is 19.0 Å². The molecular weight excluding hydrogens is 184 g/mol. The molecular formula is C10H16O4. The first-order valence-electron chi connectivity index (χ1n) is 4.53. The van der Waals surface area contributed by atoms with Gasteiger partial charge in [0.15, 0.2) is 0 Å². The second kappa shape index (κ2) is 7.12. The fourth-order valence-electron chi connectivity index (χ4n) is 0.922. The van der Waals surface area contributed by atoms with E-state index >= 15 is 0 Å². The summed E-state index contributed by atoms with van der Waals surface area (Å²) in [5.74, 6) is -1.09. The molecule has 0 saturated carbocycles. The van der Waals surface area contributed by atoms with Crippen LogP contribution in [-0.2, 0) is 14.3 Å². The van der Waals surface area contributed by atoms with Gasteiger partial charge in [-0.2, -0.15) is 0 Å². The Morgan fingerprint density at radius 1 is 1.29 bits per heavy atom. The Bertz CT molecular complexity index is 230. The van der Waals surface area contributed by atoms with E-state index in [1.54, 1.807) is 6.08 Å². The van der Waals surface area contributed by atoms with Crippen LogP contribution >= 0.6 is 0 Å². The second-order valence-corrected chi connectivity index (χ2v) is 3.10. The quantitative estimate of drug-likeness (QED) is 0.524. The average Bonchev–Trinajstić information content (AvgIpc) is 2.02. The van der Waals surface area contributed by atoms with Crippen molar-refractivity contribution < 1.29 is 19.4 Å². The zero-order valence-corrected chi connectivity index (χ0v) is 8.58. The number of carboxylic acid groups (broad SMARTS) is 1. The minimum atomic E-state index is -0.780. The summed E-state index contributed by atoms with van der Waals surface area (Å²) in [5, 5.41) is 8.39. The molecule has 0 bridgehead atoms. The molecule has 1 N–H and O–H groups in total. The summed E-state index contributed by atoms with van der Waals surface area (Å²) >= 11 is 0. The minimum absolute atomic E-state index is 0.179. The number of aliphatic carboxylic acids is 1. The third-order valence-corrected chi connectivity index (χ3v) is 1.68. The third-order valence-electron chi connectivity index (χ3n) is 1.68. The van der Waals surface area contributed by atoms with Crippen molar-refractivity contribution in [2.75, 3.05) is 6.61 Å². The molecule has 0 unspecified atom stereocenters. The molecule has 0 aliphatic heterocycles. The van der Waals surface area contributed by atoms with Crippen molar-refractivity contribution in [2.45, 2.75) is 33.1 Å². The van der Waals surface area contributed by atoms with Gasteiger partial charge in [0, 0.05) is 13.3 Å². The van der Waals surface area contributed by atoms with E-state index in [2.05, 4.69) is 0 Å². The van der Waals surface area contributed by atoms with Gasteiger partial charge in [-0.1, -0.05) is 5.57 Å². The van der Waals surface area contributed by atoms with Crippen LogP contribution in [0.25, 0.3) is 0 Å². The molecule has 0 saturated heterocycles. The van der Waals surface area contributed by atoms with Crippen LogP contribution in [0, 0.1) is 0 Å². The molecule has 0 aromatic rings. The number of carbonyl (C=O) groups is 2. The Morgan fingerprint density at radius 2 is 1.93 bits per heavy atom. The van der Waals surface area contributed by atoms with Crippen molar-refractivity contribution in [3.63, 3.8) is 0 Å². The first kappa shape index (κ1) is 12.7. The van der Waals surface area contributed by atoms with E-state index in [4.69, 9.17) is 9.84 Å². The first-order valence-corrected chi connectivity index (χ1v) is 4.53. The molecule has 0 atom stereocenters. The van der Waals surface area contributed by atoms with Crippen LogP contribution < -0.4 is 0 Å². The average molecular weight is 200 g/mol. The minimum Gasteiger partial charge on any atom is -0.481 e. The van der Waals surface area contributed by atoms with Crippen molar-refractivity contribution in [3.8, 4) is 0 Å². The first-order chi connectivity index (χ1) is 6.52. The predicted molar refractivity (Wildman–Crippen MR) is 51.9 cm³/mol. The third kappa shape index (κ3) is 8.77. The summed E-state index contributed by atoms with van der Waals surface area (Å²) in [5.41, 5.74) is 1.05. The summed E-state index contributed by atoms with van der Waals surface area (Å²) in [6, 6.07) is 0. The number of rotatable bonds is 6. The molecule has 0 radical (unpaired) electrons. The van der Waals surface area contributed by atoms with E-state index < -0.39 is 5.97 Å². The van der Waals surface area contributed by atoms with Gasteiger partial charge in [0.25, 0.3) is 0 Å². The van der Waals surface area contributed by atoms with Gasteiger partial charge < -0.3 is 9.84 Å². The maximum Gasteiger partial charge on any atom is 0.303 e. The van der Waals surface area contributed by atoms with Gasteiger partial charge in [0.1, 0.15) is 6.61 Å². The summed E-state index contributed by atoms with van der Waals surface area (Å²) in [6.45, 7) is 3.52. The van der Waals surface area contributed by atoms with E-state index in [0.717, 1.165) is 12.0 Å². The molecule has 0 aromatic carbocycles. The molecule has 0 heterocycles. The number of carboxylic acids is 1. The van der Waals surface area contributed by atoms with Crippen LogP contribution in [0.2, 0.25) is 0 Å². The monoisotopic (exact) mass is 200 g/mol. The number of hydrogen-bond donors (Lipinski definition) is 1. The van der Waals surface area contributed by atoms with E-state index in [1.807, 2.05) is 6.92 Å². The maximum absolute atomic E-state index is 10.4. The summed E-state index contributed by atoms with van der Waals surface area (Å²) < 4.78 is 4.71.